The number of rotatable bonds is 6. The number of amides is 2. The molecular weight excluding hydrogens is 454 g/mol. The molecule has 0 unspecified atom stereocenters. The number of esters is 1. The Balaban J connectivity index is 1.36. The lowest BCUT2D eigenvalue weighted by molar-refractivity contribution is -0.119. The van der Waals surface area contributed by atoms with Crippen LogP contribution in [0.2, 0.25) is 0 Å². The normalized spacial score (nSPS) is 16.2. The van der Waals surface area contributed by atoms with Crippen LogP contribution in [-0.4, -0.2) is 56.0 Å². The van der Waals surface area contributed by atoms with E-state index in [0.717, 1.165) is 17.7 Å². The summed E-state index contributed by atoms with van der Waals surface area (Å²) in [4.78, 5) is 37.0. The number of thioether (sulfide) groups is 1. The highest BCUT2D eigenvalue weighted by Crippen LogP contribution is 2.32. The van der Waals surface area contributed by atoms with Crippen molar-refractivity contribution in [3.05, 3.63) is 48.0 Å². The SMILES string of the molecule is O=C(COC(=O)c1ccc2c(c1)NC(=O)CS2)Nc1cccc(S(=O)(=O)N2CCCC2)c1. The Labute approximate surface area is 189 Å². The van der Waals surface area contributed by atoms with E-state index in [0.29, 0.717) is 30.2 Å². The largest absolute Gasteiger partial charge is 0.452 e. The van der Waals surface area contributed by atoms with Crippen LogP contribution in [0.1, 0.15) is 23.2 Å². The first-order valence-corrected chi connectivity index (χ1v) is 12.4. The number of hydrogen-bond acceptors (Lipinski definition) is 7. The number of anilines is 2. The van der Waals surface area contributed by atoms with Crippen LogP contribution in [0, 0.1) is 0 Å². The summed E-state index contributed by atoms with van der Waals surface area (Å²) < 4.78 is 31.9. The molecule has 168 valence electrons. The lowest BCUT2D eigenvalue weighted by Crippen LogP contribution is -2.28. The van der Waals surface area contributed by atoms with E-state index in [2.05, 4.69) is 10.6 Å². The predicted octanol–water partition coefficient (Wildman–Crippen LogP) is 2.31. The Kier molecular flexibility index (Phi) is 6.49. The smallest absolute Gasteiger partial charge is 0.338 e. The average Bonchev–Trinajstić information content (AvgIpc) is 3.33. The second-order valence-electron chi connectivity index (χ2n) is 7.31. The minimum Gasteiger partial charge on any atom is -0.452 e. The molecule has 0 saturated carbocycles. The predicted molar refractivity (Wildman–Crippen MR) is 119 cm³/mol. The molecule has 2 heterocycles. The van der Waals surface area contributed by atoms with Gasteiger partial charge in [0.25, 0.3) is 5.91 Å². The third-order valence-corrected chi connectivity index (χ3v) is 7.97. The van der Waals surface area contributed by atoms with Crippen LogP contribution in [-0.2, 0) is 24.3 Å². The highest BCUT2D eigenvalue weighted by Gasteiger charge is 2.27. The molecule has 1 saturated heterocycles. The minimum absolute atomic E-state index is 0.100. The van der Waals surface area contributed by atoms with Gasteiger partial charge in [-0.25, -0.2) is 13.2 Å². The van der Waals surface area contributed by atoms with E-state index < -0.39 is 28.5 Å². The molecule has 2 N–H and O–H groups in total. The summed E-state index contributed by atoms with van der Waals surface area (Å²) in [5.74, 6) is -1.15. The fraction of sp³-hybridized carbons (Fsp3) is 0.286. The summed E-state index contributed by atoms with van der Waals surface area (Å²) in [7, 11) is -3.61. The van der Waals surface area contributed by atoms with E-state index in [1.807, 2.05) is 0 Å². The first-order valence-electron chi connectivity index (χ1n) is 9.97. The van der Waals surface area contributed by atoms with E-state index in [1.54, 1.807) is 24.3 Å². The van der Waals surface area contributed by atoms with Gasteiger partial charge < -0.3 is 15.4 Å². The lowest BCUT2D eigenvalue weighted by atomic mass is 10.2. The van der Waals surface area contributed by atoms with Crippen molar-refractivity contribution in [2.24, 2.45) is 0 Å². The molecule has 4 rings (SSSR count). The number of benzene rings is 2. The standard InChI is InChI=1S/C21H21N3O6S2/c25-19(12-30-21(27)14-6-7-18-17(10-14)23-20(26)13-31-18)22-15-4-3-5-16(11-15)32(28,29)24-8-1-2-9-24/h3-7,10-11H,1-2,8-9,12-13H2,(H,22,25)(H,23,26). The Bertz CT molecular complexity index is 1180. The molecular formula is C21H21N3O6S2. The molecule has 9 nitrogen and oxygen atoms in total. The van der Waals surface area contributed by atoms with Crippen molar-refractivity contribution in [2.45, 2.75) is 22.6 Å². The van der Waals surface area contributed by atoms with Crippen molar-refractivity contribution in [1.82, 2.24) is 4.31 Å². The van der Waals surface area contributed by atoms with Crippen LogP contribution in [0.5, 0.6) is 0 Å². The topological polar surface area (TPSA) is 122 Å². The van der Waals surface area contributed by atoms with Gasteiger partial charge in [0.1, 0.15) is 0 Å². The van der Waals surface area contributed by atoms with E-state index in [1.165, 1.54) is 34.3 Å². The zero-order chi connectivity index (χ0) is 22.7. The Hall–Kier alpha value is -2.89. The molecule has 2 aromatic carbocycles. The summed E-state index contributed by atoms with van der Waals surface area (Å²) in [6, 6.07) is 10.8. The molecule has 32 heavy (non-hydrogen) atoms. The van der Waals surface area contributed by atoms with Gasteiger partial charge in [-0.2, -0.15) is 4.31 Å². The second kappa shape index (κ2) is 9.31. The van der Waals surface area contributed by atoms with Crippen molar-refractivity contribution in [1.29, 1.82) is 0 Å². The van der Waals surface area contributed by atoms with E-state index >= 15 is 0 Å². The Morgan fingerprint density at radius 3 is 2.69 bits per heavy atom. The molecule has 0 aliphatic carbocycles. The number of nitrogens with one attached hydrogen (secondary N) is 2. The van der Waals surface area contributed by atoms with Gasteiger partial charge >= 0.3 is 5.97 Å². The molecule has 0 atom stereocenters. The highest BCUT2D eigenvalue weighted by molar-refractivity contribution is 8.00. The average molecular weight is 476 g/mol. The number of sulfonamides is 1. The molecule has 11 heteroatoms. The maximum atomic E-state index is 12.7. The second-order valence-corrected chi connectivity index (χ2v) is 10.3. The zero-order valence-electron chi connectivity index (χ0n) is 17.0. The van der Waals surface area contributed by atoms with Gasteiger partial charge in [-0.3, -0.25) is 9.59 Å². The summed E-state index contributed by atoms with van der Waals surface area (Å²) >= 11 is 1.37. The Morgan fingerprint density at radius 2 is 1.91 bits per heavy atom. The zero-order valence-corrected chi connectivity index (χ0v) is 18.6. The maximum Gasteiger partial charge on any atom is 0.338 e. The molecule has 1 fully saturated rings. The molecule has 0 radical (unpaired) electrons. The third-order valence-electron chi connectivity index (χ3n) is 5.00. The molecule has 2 aromatic rings. The van der Waals surface area contributed by atoms with E-state index in [-0.39, 0.29) is 16.4 Å². The van der Waals surface area contributed by atoms with Crippen molar-refractivity contribution in [2.75, 3.05) is 36.1 Å². The molecule has 0 aromatic heterocycles. The van der Waals surface area contributed by atoms with Crippen LogP contribution in [0.4, 0.5) is 11.4 Å². The minimum atomic E-state index is -3.61. The molecule has 0 bridgehead atoms. The van der Waals surface area contributed by atoms with Crippen molar-refractivity contribution in [3.8, 4) is 0 Å². The van der Waals surface area contributed by atoms with E-state index in [9.17, 15) is 22.8 Å². The van der Waals surface area contributed by atoms with Crippen LogP contribution in [0.15, 0.2) is 52.3 Å². The fourth-order valence-electron chi connectivity index (χ4n) is 3.43. The summed E-state index contributed by atoms with van der Waals surface area (Å²) in [5, 5.41) is 5.24. The van der Waals surface area contributed by atoms with Crippen LogP contribution < -0.4 is 10.6 Å². The van der Waals surface area contributed by atoms with Gasteiger partial charge in [-0.1, -0.05) is 6.07 Å². The van der Waals surface area contributed by atoms with Gasteiger partial charge in [-0.15, -0.1) is 11.8 Å². The van der Waals surface area contributed by atoms with Crippen molar-refractivity contribution < 1.29 is 27.5 Å². The maximum absolute atomic E-state index is 12.7. The van der Waals surface area contributed by atoms with Crippen LogP contribution in [0.3, 0.4) is 0 Å². The van der Waals surface area contributed by atoms with Gasteiger partial charge in [-0.05, 0) is 49.2 Å². The molecule has 2 aliphatic rings. The first kappa shape index (κ1) is 22.3. The van der Waals surface area contributed by atoms with Crippen LogP contribution in [0.25, 0.3) is 0 Å². The summed E-state index contributed by atoms with van der Waals surface area (Å²) in [6.45, 7) is 0.431. The molecule has 0 spiro atoms. The number of ether oxygens (including phenoxy) is 1. The molecule has 2 amide bonds. The van der Waals surface area contributed by atoms with Gasteiger partial charge in [0.15, 0.2) is 6.61 Å². The summed E-state index contributed by atoms with van der Waals surface area (Å²) in [5.41, 5.74) is 1.03. The number of fused-ring (bicyclic) bond motifs is 1. The van der Waals surface area contributed by atoms with Gasteiger partial charge in [0.2, 0.25) is 15.9 Å². The third kappa shape index (κ3) is 4.95. The van der Waals surface area contributed by atoms with Crippen molar-refractivity contribution in [3.63, 3.8) is 0 Å². The quantitative estimate of drug-likeness (QED) is 0.615. The van der Waals surface area contributed by atoms with E-state index in [4.69, 9.17) is 4.74 Å². The van der Waals surface area contributed by atoms with Crippen molar-refractivity contribution >= 4 is 50.9 Å². The number of carbonyl (C=O) groups excluding carboxylic acids is 3. The fourth-order valence-corrected chi connectivity index (χ4v) is 5.79. The van der Waals surface area contributed by atoms with Gasteiger partial charge in [0, 0.05) is 23.7 Å². The monoisotopic (exact) mass is 475 g/mol. The Morgan fingerprint density at radius 1 is 1.12 bits per heavy atom. The van der Waals surface area contributed by atoms with Gasteiger partial charge in [0.05, 0.1) is 21.9 Å². The lowest BCUT2D eigenvalue weighted by Gasteiger charge is -2.17. The molecule has 2 aliphatic heterocycles. The first-order chi connectivity index (χ1) is 15.3. The number of nitrogens with zero attached hydrogens (tertiary/aromatic N) is 1. The highest BCUT2D eigenvalue weighted by atomic mass is 32.2. The van der Waals surface area contributed by atoms with Crippen LogP contribution >= 0.6 is 11.8 Å². The number of carbonyl (C=O) groups is 3. The number of hydrogen-bond donors (Lipinski definition) is 2. The summed E-state index contributed by atoms with van der Waals surface area (Å²) in [6.07, 6.45) is 1.66.